The summed E-state index contributed by atoms with van der Waals surface area (Å²) < 4.78 is 40.3. The van der Waals surface area contributed by atoms with Crippen molar-refractivity contribution in [1.29, 1.82) is 0 Å². The fourth-order valence-corrected chi connectivity index (χ4v) is 7.28. The second-order valence-electron chi connectivity index (χ2n) is 13.5. The molecule has 0 bridgehead atoms. The van der Waals surface area contributed by atoms with Gasteiger partial charge in [0.25, 0.3) is 0 Å². The number of benzene rings is 5. The molecule has 5 N–H and O–H groups in total. The predicted octanol–water partition coefficient (Wildman–Crippen LogP) is 2.24. The molecule has 3 aliphatic rings. The van der Waals surface area contributed by atoms with Crippen molar-refractivity contribution < 1.29 is 72.8 Å². The van der Waals surface area contributed by atoms with Gasteiger partial charge in [0.15, 0.2) is 46.1 Å². The number of rotatable bonds is 4. The number of carboxylic acids is 1. The Balaban J connectivity index is 0.000000152. The number of aliphatic carboxylic acids is 1. The molecular weight excluding hydrogens is 746 g/mol. The van der Waals surface area contributed by atoms with Crippen molar-refractivity contribution >= 4 is 49.4 Å². The number of aliphatic hydroxyl groups excluding tert-OH is 3. The average Bonchev–Trinajstić information content (AvgIpc) is 3.89. The third kappa shape index (κ3) is 5.98. The van der Waals surface area contributed by atoms with Gasteiger partial charge in [-0.05, 0) is 35.7 Å². The Morgan fingerprint density at radius 2 is 1.49 bits per heavy atom. The zero-order valence-corrected chi connectivity index (χ0v) is 29.6. The summed E-state index contributed by atoms with van der Waals surface area (Å²) in [6.45, 7) is 0.555. The lowest BCUT2D eigenvalue weighted by Crippen LogP contribution is -2.63. The zero-order chi connectivity index (χ0) is 39.7. The number of hydrogen-bond acceptors (Lipinski definition) is 15. The Morgan fingerprint density at radius 1 is 0.772 bits per heavy atom. The summed E-state index contributed by atoms with van der Waals surface area (Å²) in [4.78, 5) is 23.7. The first-order chi connectivity index (χ1) is 27.5. The van der Waals surface area contributed by atoms with Crippen LogP contribution in [0.5, 0.6) is 40.2 Å². The lowest BCUT2D eigenvalue weighted by Gasteiger charge is -2.40. The maximum Gasteiger partial charge on any atom is 0.231 e. The monoisotopic (exact) mass is 777 g/mol. The van der Waals surface area contributed by atoms with E-state index in [0.717, 1.165) is 62.2 Å². The maximum atomic E-state index is 12.5. The molecule has 3 aliphatic heterocycles. The number of hydrogen-bond donors (Lipinski definition) is 5. The van der Waals surface area contributed by atoms with E-state index in [9.17, 15) is 40.2 Å². The van der Waals surface area contributed by atoms with Crippen LogP contribution in [-0.4, -0.2) is 75.8 Å². The van der Waals surface area contributed by atoms with Crippen LogP contribution >= 0.6 is 0 Å². The highest BCUT2D eigenvalue weighted by Crippen LogP contribution is 2.44. The highest BCUT2D eigenvalue weighted by molar-refractivity contribution is 6.15. The van der Waals surface area contributed by atoms with E-state index in [1.807, 2.05) is 12.1 Å². The van der Waals surface area contributed by atoms with E-state index in [-0.39, 0.29) is 30.3 Å². The van der Waals surface area contributed by atoms with Gasteiger partial charge in [0.2, 0.25) is 31.1 Å². The molecule has 2 aromatic heterocycles. The SMILES string of the molecule is C[n+]1cc2c3c(ccc2c2ccc4cc5c(cc4c21)OCO5)OCO3.O=C([O-])[C@H]1O[C@@H](Oc2cc3oc(-c4ccccc4)cc(=O)c3c(O)c2O)[C@H](O)[C@@H](O)[C@@H]1O. The number of carboxylic acid groups (broad SMARTS) is 1. The third-order valence-electron chi connectivity index (χ3n) is 10.1. The minimum absolute atomic E-state index is 0.156. The maximum absolute atomic E-state index is 12.5. The van der Waals surface area contributed by atoms with Gasteiger partial charge in [-0.15, -0.1) is 0 Å². The van der Waals surface area contributed by atoms with Gasteiger partial charge in [-0.25, -0.2) is 0 Å². The number of aromatic hydroxyl groups is 2. The fourth-order valence-electron chi connectivity index (χ4n) is 7.28. The van der Waals surface area contributed by atoms with E-state index in [1.165, 1.54) is 5.39 Å². The minimum atomic E-state index is -2.04. The van der Waals surface area contributed by atoms with E-state index in [0.29, 0.717) is 5.56 Å². The van der Waals surface area contributed by atoms with Crippen LogP contribution in [0.3, 0.4) is 0 Å². The molecule has 16 nitrogen and oxygen atoms in total. The summed E-state index contributed by atoms with van der Waals surface area (Å²) in [7, 11) is 2.06. The molecule has 0 aliphatic carbocycles. The van der Waals surface area contributed by atoms with Crippen molar-refractivity contribution in [1.82, 2.24) is 0 Å². The number of aromatic nitrogens is 1. The van der Waals surface area contributed by atoms with Crippen molar-refractivity contribution in [2.45, 2.75) is 30.7 Å². The van der Waals surface area contributed by atoms with Gasteiger partial charge in [0.05, 0.1) is 22.1 Å². The number of nitrogens with zero attached hydrogens (tertiary/aromatic N) is 1. The minimum Gasteiger partial charge on any atom is -0.547 e. The van der Waals surface area contributed by atoms with Crippen molar-refractivity contribution in [3.63, 3.8) is 0 Å². The Morgan fingerprint density at radius 3 is 2.26 bits per heavy atom. The van der Waals surface area contributed by atoms with E-state index < -0.39 is 59.4 Å². The number of aliphatic hydroxyl groups is 3. The molecule has 290 valence electrons. The number of ether oxygens (including phenoxy) is 6. The van der Waals surface area contributed by atoms with Gasteiger partial charge >= 0.3 is 0 Å². The molecular formula is C41H31NO15. The molecule has 16 heteroatoms. The van der Waals surface area contributed by atoms with Crippen LogP contribution in [0.4, 0.5) is 0 Å². The summed E-state index contributed by atoms with van der Waals surface area (Å²) in [5.74, 6) is -0.842. The van der Waals surface area contributed by atoms with Crippen LogP contribution in [-0.2, 0) is 16.6 Å². The van der Waals surface area contributed by atoms with Gasteiger partial charge < -0.3 is 68.3 Å². The first-order valence-corrected chi connectivity index (χ1v) is 17.5. The fraction of sp³-hybridized carbons (Fsp3) is 0.195. The van der Waals surface area contributed by atoms with E-state index in [4.69, 9.17) is 32.8 Å². The van der Waals surface area contributed by atoms with Crippen LogP contribution in [0.15, 0.2) is 94.3 Å². The van der Waals surface area contributed by atoms with Gasteiger partial charge in [0, 0.05) is 23.1 Å². The van der Waals surface area contributed by atoms with E-state index in [1.54, 1.807) is 30.3 Å². The molecule has 0 spiro atoms. The lowest BCUT2D eigenvalue weighted by atomic mass is 9.99. The number of carbonyl (C=O) groups excluding carboxylic acids is 1. The summed E-state index contributed by atoms with van der Waals surface area (Å²) in [5.41, 5.74) is 0.863. The first kappa shape index (κ1) is 35.8. The number of aryl methyl sites for hydroxylation is 1. The molecule has 5 atom stereocenters. The van der Waals surface area contributed by atoms with Gasteiger partial charge in [-0.1, -0.05) is 36.4 Å². The largest absolute Gasteiger partial charge is 0.547 e. The molecule has 0 saturated carbocycles. The van der Waals surface area contributed by atoms with Crippen molar-refractivity contribution in [2.75, 3.05) is 13.6 Å². The van der Waals surface area contributed by atoms with Crippen molar-refractivity contribution in [2.24, 2.45) is 7.05 Å². The Bertz CT molecular complexity index is 2820. The van der Waals surface area contributed by atoms with Crippen LogP contribution in [0, 0.1) is 0 Å². The quantitative estimate of drug-likeness (QED) is 0.0981. The van der Waals surface area contributed by atoms with Crippen LogP contribution in [0.1, 0.15) is 0 Å². The molecule has 10 rings (SSSR count). The first-order valence-electron chi connectivity index (χ1n) is 17.5. The molecule has 0 amide bonds. The lowest BCUT2D eigenvalue weighted by molar-refractivity contribution is -0.642. The highest BCUT2D eigenvalue weighted by atomic mass is 16.7. The number of carbonyl (C=O) groups is 1. The van der Waals surface area contributed by atoms with Crippen LogP contribution in [0.25, 0.3) is 54.7 Å². The van der Waals surface area contributed by atoms with Crippen molar-refractivity contribution in [3.05, 3.63) is 95.3 Å². The topological polar surface area (TPSA) is 231 Å². The zero-order valence-electron chi connectivity index (χ0n) is 29.6. The highest BCUT2D eigenvalue weighted by Gasteiger charge is 2.46. The predicted molar refractivity (Wildman–Crippen MR) is 196 cm³/mol. The van der Waals surface area contributed by atoms with Crippen LogP contribution in [0.2, 0.25) is 0 Å². The molecule has 0 radical (unpaired) electrons. The summed E-state index contributed by atoms with van der Waals surface area (Å²) in [6, 6.07) is 23.2. The summed E-state index contributed by atoms with van der Waals surface area (Å²) in [6.07, 6.45) is -7.73. The number of phenols is 2. The van der Waals surface area contributed by atoms with Crippen LogP contribution < -0.4 is 38.8 Å². The molecule has 1 saturated heterocycles. The van der Waals surface area contributed by atoms with Gasteiger partial charge in [-0.2, -0.15) is 4.57 Å². The molecule has 57 heavy (non-hydrogen) atoms. The number of phenolic OH excluding ortho intramolecular Hbond substituents is 2. The third-order valence-corrected chi connectivity index (χ3v) is 10.1. The van der Waals surface area contributed by atoms with Gasteiger partial charge in [0.1, 0.15) is 48.2 Å². The van der Waals surface area contributed by atoms with Crippen molar-refractivity contribution in [3.8, 4) is 51.6 Å². The smallest absolute Gasteiger partial charge is 0.231 e. The normalized spacial score (nSPS) is 20.8. The molecule has 5 heterocycles. The molecule has 5 aromatic carbocycles. The summed E-state index contributed by atoms with van der Waals surface area (Å²) >= 11 is 0. The van der Waals surface area contributed by atoms with E-state index in [2.05, 4.69) is 42.1 Å². The standard InChI is InChI=1S/C21H18O11.C20H14NO4/c22-9-6-10(8-4-2-1-3-5-8)30-11-7-12(14(23)15(24)13(9)11)31-21-18(27)16(25)17(26)19(32-21)20(28)29;1-21-8-15-12(4-5-16-20(15)25-10-22-16)13-3-2-11-6-17-18(24-9-23-17)7-14(11)19(13)21/h1-7,16-19,21,23-27H,(H,28,29);2-8H,9-10H2,1H3/q;+1/p-1/t16-,17-,18+,19-,21+;/m0./s1. The Labute approximate surface area is 320 Å². The second-order valence-corrected chi connectivity index (χ2v) is 13.5. The number of fused-ring (bicyclic) bond motifs is 9. The number of pyridine rings is 1. The molecule has 7 aromatic rings. The summed E-state index contributed by atoms with van der Waals surface area (Å²) in [5, 5.41) is 66.7. The molecule has 0 unspecified atom stereocenters. The molecule has 1 fully saturated rings. The average molecular weight is 778 g/mol. The van der Waals surface area contributed by atoms with Gasteiger partial charge in [-0.3, -0.25) is 4.79 Å². The Kier molecular flexibility index (Phi) is 8.62. The second kappa shape index (κ2) is 13.7. The van der Waals surface area contributed by atoms with E-state index >= 15 is 0 Å². The Hall–Kier alpha value is -6.85.